The first-order chi connectivity index (χ1) is 13.0. The predicted molar refractivity (Wildman–Crippen MR) is 110 cm³/mol. The highest BCUT2D eigenvalue weighted by Gasteiger charge is 2.23. The number of thiazole rings is 1. The zero-order valence-electron chi connectivity index (χ0n) is 14.9. The van der Waals surface area contributed by atoms with Crippen molar-refractivity contribution in [3.05, 3.63) is 82.3 Å². The number of anilines is 1. The minimum Gasteiger partial charge on any atom is -0.467 e. The second kappa shape index (κ2) is 7.18. The molecule has 6 heteroatoms. The smallest absolute Gasteiger partial charge is 0.260 e. The van der Waals surface area contributed by atoms with Crippen LogP contribution in [0.1, 0.15) is 27.2 Å². The van der Waals surface area contributed by atoms with Crippen LogP contribution >= 0.6 is 22.9 Å². The zero-order chi connectivity index (χ0) is 19.0. The number of halogens is 1. The summed E-state index contributed by atoms with van der Waals surface area (Å²) in [5.74, 6) is 0.556. The van der Waals surface area contributed by atoms with Gasteiger partial charge in [0.05, 0.1) is 23.0 Å². The van der Waals surface area contributed by atoms with Gasteiger partial charge in [-0.1, -0.05) is 29.0 Å². The summed E-state index contributed by atoms with van der Waals surface area (Å²) in [5.41, 5.74) is 3.80. The maximum atomic E-state index is 13.2. The van der Waals surface area contributed by atoms with Gasteiger partial charge in [0.15, 0.2) is 5.13 Å². The molecule has 0 fully saturated rings. The normalized spacial score (nSPS) is 11.1. The fourth-order valence-corrected chi connectivity index (χ4v) is 4.01. The van der Waals surface area contributed by atoms with Crippen molar-refractivity contribution >= 4 is 44.2 Å². The standard InChI is InChI=1S/C21H17ClN2O2S/c1-13-5-10-18-19(14(13)2)23-21(27-18)24(12-17-4-3-11-26-17)20(25)15-6-8-16(22)9-7-15/h3-11H,12H2,1-2H3. The van der Waals surface area contributed by atoms with Crippen molar-refractivity contribution in [3.8, 4) is 0 Å². The average molecular weight is 397 g/mol. The van der Waals surface area contributed by atoms with E-state index in [1.807, 2.05) is 12.1 Å². The van der Waals surface area contributed by atoms with Crippen molar-refractivity contribution in [2.24, 2.45) is 0 Å². The largest absolute Gasteiger partial charge is 0.467 e. The van der Waals surface area contributed by atoms with E-state index in [0.717, 1.165) is 15.8 Å². The molecule has 0 aliphatic rings. The third-order valence-corrected chi connectivity index (χ3v) is 5.83. The van der Waals surface area contributed by atoms with E-state index < -0.39 is 0 Å². The third kappa shape index (κ3) is 3.48. The van der Waals surface area contributed by atoms with Gasteiger partial charge in [0, 0.05) is 10.6 Å². The van der Waals surface area contributed by atoms with Crippen LogP contribution in [0.15, 0.2) is 59.2 Å². The topological polar surface area (TPSA) is 46.3 Å². The summed E-state index contributed by atoms with van der Waals surface area (Å²) in [6, 6.07) is 14.7. The van der Waals surface area contributed by atoms with Crippen molar-refractivity contribution in [3.63, 3.8) is 0 Å². The molecule has 1 amide bonds. The van der Waals surface area contributed by atoms with Crippen LogP contribution in [-0.2, 0) is 6.54 Å². The molecule has 0 saturated heterocycles. The Morgan fingerprint density at radius 3 is 2.63 bits per heavy atom. The van der Waals surface area contributed by atoms with Gasteiger partial charge in [-0.05, 0) is 67.4 Å². The lowest BCUT2D eigenvalue weighted by Gasteiger charge is -2.18. The number of fused-ring (bicyclic) bond motifs is 1. The molecule has 27 heavy (non-hydrogen) atoms. The van der Waals surface area contributed by atoms with E-state index in [2.05, 4.69) is 26.0 Å². The van der Waals surface area contributed by atoms with Crippen molar-refractivity contribution in [2.75, 3.05) is 4.90 Å². The molecule has 4 rings (SSSR count). The Labute approximate surface area is 166 Å². The SMILES string of the molecule is Cc1ccc2sc(N(Cc3ccco3)C(=O)c3ccc(Cl)cc3)nc2c1C. The molecule has 0 atom stereocenters. The summed E-state index contributed by atoms with van der Waals surface area (Å²) in [6.45, 7) is 4.43. The molecule has 0 radical (unpaired) electrons. The molecule has 0 aliphatic carbocycles. The maximum absolute atomic E-state index is 13.2. The van der Waals surface area contributed by atoms with Crippen LogP contribution in [0, 0.1) is 13.8 Å². The second-order valence-electron chi connectivity index (χ2n) is 6.33. The minimum absolute atomic E-state index is 0.142. The van der Waals surface area contributed by atoms with E-state index in [4.69, 9.17) is 21.0 Å². The number of hydrogen-bond donors (Lipinski definition) is 0. The van der Waals surface area contributed by atoms with E-state index in [-0.39, 0.29) is 5.91 Å². The Kier molecular flexibility index (Phi) is 4.72. The number of carbonyl (C=O) groups is 1. The molecule has 0 N–H and O–H groups in total. The molecule has 0 bridgehead atoms. The van der Waals surface area contributed by atoms with Crippen molar-refractivity contribution in [2.45, 2.75) is 20.4 Å². The fourth-order valence-electron chi connectivity index (χ4n) is 2.86. The Hall–Kier alpha value is -2.63. The highest BCUT2D eigenvalue weighted by Crippen LogP contribution is 2.33. The summed E-state index contributed by atoms with van der Waals surface area (Å²) in [7, 11) is 0. The number of aromatic nitrogens is 1. The summed E-state index contributed by atoms with van der Waals surface area (Å²) in [6.07, 6.45) is 1.60. The zero-order valence-corrected chi connectivity index (χ0v) is 16.5. The molecule has 2 heterocycles. The Balaban J connectivity index is 1.79. The molecule has 0 aliphatic heterocycles. The van der Waals surface area contributed by atoms with Gasteiger partial charge in [-0.25, -0.2) is 4.98 Å². The van der Waals surface area contributed by atoms with Gasteiger partial charge < -0.3 is 4.42 Å². The first-order valence-electron chi connectivity index (χ1n) is 8.49. The van der Waals surface area contributed by atoms with Crippen LogP contribution in [0.5, 0.6) is 0 Å². The predicted octanol–water partition coefficient (Wildman–Crippen LogP) is 6.01. The first-order valence-corrected chi connectivity index (χ1v) is 9.69. The summed E-state index contributed by atoms with van der Waals surface area (Å²) in [4.78, 5) is 19.6. The van der Waals surface area contributed by atoms with Gasteiger partial charge in [0.25, 0.3) is 5.91 Å². The van der Waals surface area contributed by atoms with Crippen LogP contribution in [0.4, 0.5) is 5.13 Å². The van der Waals surface area contributed by atoms with Crippen LogP contribution in [0.3, 0.4) is 0 Å². The van der Waals surface area contributed by atoms with Crippen LogP contribution in [0.2, 0.25) is 5.02 Å². The summed E-state index contributed by atoms with van der Waals surface area (Å²) < 4.78 is 6.53. The number of amides is 1. The molecule has 136 valence electrons. The van der Waals surface area contributed by atoms with Gasteiger partial charge in [-0.2, -0.15) is 0 Å². The molecule has 0 unspecified atom stereocenters. The summed E-state index contributed by atoms with van der Waals surface area (Å²) in [5, 5.41) is 1.24. The Bertz CT molecular complexity index is 1100. The van der Waals surface area contributed by atoms with Crippen LogP contribution in [0.25, 0.3) is 10.2 Å². The number of aryl methyl sites for hydroxylation is 2. The van der Waals surface area contributed by atoms with Crippen LogP contribution < -0.4 is 4.90 Å². The highest BCUT2D eigenvalue weighted by molar-refractivity contribution is 7.22. The van der Waals surface area contributed by atoms with Gasteiger partial charge in [-0.15, -0.1) is 0 Å². The van der Waals surface area contributed by atoms with E-state index in [9.17, 15) is 4.79 Å². The lowest BCUT2D eigenvalue weighted by atomic mass is 10.1. The molecule has 2 aromatic carbocycles. The monoisotopic (exact) mass is 396 g/mol. The third-order valence-electron chi connectivity index (χ3n) is 4.53. The number of carbonyl (C=O) groups excluding carboxylic acids is 1. The van der Waals surface area contributed by atoms with E-state index >= 15 is 0 Å². The molecular formula is C21H17ClN2O2S. The Morgan fingerprint density at radius 2 is 1.93 bits per heavy atom. The molecule has 2 aromatic heterocycles. The van der Waals surface area contributed by atoms with Crippen molar-refractivity contribution in [1.82, 2.24) is 4.98 Å². The van der Waals surface area contributed by atoms with Crippen molar-refractivity contribution < 1.29 is 9.21 Å². The van der Waals surface area contributed by atoms with Gasteiger partial charge >= 0.3 is 0 Å². The number of hydrogen-bond acceptors (Lipinski definition) is 4. The Morgan fingerprint density at radius 1 is 1.15 bits per heavy atom. The minimum atomic E-state index is -0.142. The molecular weight excluding hydrogens is 380 g/mol. The maximum Gasteiger partial charge on any atom is 0.260 e. The quantitative estimate of drug-likeness (QED) is 0.424. The van der Waals surface area contributed by atoms with E-state index in [1.165, 1.54) is 16.9 Å². The average Bonchev–Trinajstić information content (AvgIpc) is 3.33. The number of benzene rings is 2. The lowest BCUT2D eigenvalue weighted by molar-refractivity contribution is 0.0983. The molecule has 0 spiro atoms. The second-order valence-corrected chi connectivity index (χ2v) is 7.77. The van der Waals surface area contributed by atoms with Gasteiger partial charge in [0.2, 0.25) is 0 Å². The number of rotatable bonds is 4. The first kappa shape index (κ1) is 17.8. The lowest BCUT2D eigenvalue weighted by Crippen LogP contribution is -2.30. The molecule has 4 aromatic rings. The van der Waals surface area contributed by atoms with Crippen LogP contribution in [-0.4, -0.2) is 10.9 Å². The highest BCUT2D eigenvalue weighted by atomic mass is 35.5. The van der Waals surface area contributed by atoms with Gasteiger partial charge in [-0.3, -0.25) is 9.69 Å². The van der Waals surface area contributed by atoms with Crippen molar-refractivity contribution in [1.29, 1.82) is 0 Å². The van der Waals surface area contributed by atoms with Gasteiger partial charge in [0.1, 0.15) is 5.76 Å². The molecule has 4 nitrogen and oxygen atoms in total. The van der Waals surface area contributed by atoms with E-state index in [1.54, 1.807) is 35.4 Å². The summed E-state index contributed by atoms with van der Waals surface area (Å²) >= 11 is 7.47. The fraction of sp³-hybridized carbons (Fsp3) is 0.143. The number of nitrogens with zero attached hydrogens (tertiary/aromatic N) is 2. The number of furan rings is 1. The van der Waals surface area contributed by atoms with E-state index in [0.29, 0.717) is 28.0 Å². The molecule has 0 saturated carbocycles.